The summed E-state index contributed by atoms with van der Waals surface area (Å²) in [7, 11) is 0. The van der Waals surface area contributed by atoms with E-state index in [0.29, 0.717) is 22.8 Å². The summed E-state index contributed by atoms with van der Waals surface area (Å²) in [6, 6.07) is 5.73. The van der Waals surface area contributed by atoms with Crippen LogP contribution < -0.4 is 5.32 Å². The Kier molecular flexibility index (Phi) is 6.94. The van der Waals surface area contributed by atoms with Crippen molar-refractivity contribution in [2.75, 3.05) is 6.61 Å². The summed E-state index contributed by atoms with van der Waals surface area (Å²) in [5, 5.41) is 36.2. The van der Waals surface area contributed by atoms with Crippen LogP contribution in [0.25, 0.3) is 11.4 Å². The predicted molar refractivity (Wildman–Crippen MR) is 98.3 cm³/mol. The van der Waals surface area contributed by atoms with Crippen LogP contribution in [0, 0.1) is 0 Å². The highest BCUT2D eigenvalue weighted by atomic mass is 16.6. The summed E-state index contributed by atoms with van der Waals surface area (Å²) < 4.78 is 5.10. The minimum absolute atomic E-state index is 0.0839. The number of hydrogen-bond donors (Lipinski definition) is 3. The molecule has 1 atom stereocenters. The number of alkyl carbamates (subject to hydrolysis) is 1. The number of hydrogen-bond acceptors (Lipinski definition) is 8. The molecule has 1 heterocycles. The van der Waals surface area contributed by atoms with Gasteiger partial charge in [0.1, 0.15) is 11.6 Å². The van der Waals surface area contributed by atoms with E-state index in [1.54, 1.807) is 45.0 Å². The molecular weight excluding hydrogens is 366 g/mol. The molecule has 10 heteroatoms. The molecule has 3 N–H and O–H groups in total. The van der Waals surface area contributed by atoms with Crippen LogP contribution in [0.5, 0.6) is 0 Å². The maximum Gasteiger partial charge on any atom is 0.408 e. The molecule has 1 aromatic carbocycles. The Hall–Kier alpha value is -3.14. The van der Waals surface area contributed by atoms with E-state index in [-0.39, 0.29) is 19.4 Å². The topological polar surface area (TPSA) is 147 Å². The third-order valence-corrected chi connectivity index (χ3v) is 3.50. The first-order valence-corrected chi connectivity index (χ1v) is 8.66. The minimum atomic E-state index is -1.16. The maximum atomic E-state index is 11.8. The molecule has 0 aliphatic heterocycles. The van der Waals surface area contributed by atoms with Crippen molar-refractivity contribution in [2.24, 2.45) is 0 Å². The van der Waals surface area contributed by atoms with Crippen LogP contribution in [0.4, 0.5) is 4.79 Å². The molecule has 0 saturated carbocycles. The zero-order valence-corrected chi connectivity index (χ0v) is 15.9. The fourth-order valence-electron chi connectivity index (χ4n) is 2.24. The molecule has 0 aliphatic rings. The molecule has 0 saturated heterocycles. The van der Waals surface area contributed by atoms with Crippen LogP contribution in [0.1, 0.15) is 32.2 Å². The van der Waals surface area contributed by atoms with Gasteiger partial charge in [-0.1, -0.05) is 24.3 Å². The maximum absolute atomic E-state index is 11.8. The lowest BCUT2D eigenvalue weighted by molar-refractivity contribution is -0.139. The Morgan fingerprint density at radius 2 is 1.71 bits per heavy atom. The van der Waals surface area contributed by atoms with Crippen LogP contribution in [0.15, 0.2) is 24.3 Å². The Bertz CT molecular complexity index is 803. The Morgan fingerprint density at radius 3 is 2.21 bits per heavy atom. The van der Waals surface area contributed by atoms with E-state index in [9.17, 15) is 14.7 Å². The highest BCUT2D eigenvalue weighted by Crippen LogP contribution is 2.15. The van der Waals surface area contributed by atoms with E-state index in [1.807, 2.05) is 0 Å². The van der Waals surface area contributed by atoms with Gasteiger partial charge in [-0.05, 0) is 26.3 Å². The summed E-state index contributed by atoms with van der Waals surface area (Å²) in [4.78, 5) is 23.3. The van der Waals surface area contributed by atoms with E-state index < -0.39 is 23.7 Å². The van der Waals surface area contributed by atoms with Gasteiger partial charge in [-0.25, -0.2) is 9.59 Å². The van der Waals surface area contributed by atoms with Crippen molar-refractivity contribution in [1.82, 2.24) is 25.7 Å². The van der Waals surface area contributed by atoms with Gasteiger partial charge in [-0.3, -0.25) is 0 Å². The second-order valence-electron chi connectivity index (χ2n) is 7.05. The van der Waals surface area contributed by atoms with Crippen LogP contribution in [0.2, 0.25) is 0 Å². The van der Waals surface area contributed by atoms with Crippen molar-refractivity contribution < 1.29 is 24.5 Å². The number of carboxylic acids is 1. The van der Waals surface area contributed by atoms with Gasteiger partial charge in [0, 0.05) is 18.4 Å². The molecule has 28 heavy (non-hydrogen) atoms. The fourth-order valence-corrected chi connectivity index (χ4v) is 2.24. The van der Waals surface area contributed by atoms with Gasteiger partial charge in [0.2, 0.25) is 5.82 Å². The average Bonchev–Trinajstić information content (AvgIpc) is 2.61. The van der Waals surface area contributed by atoms with E-state index >= 15 is 0 Å². The number of benzene rings is 1. The highest BCUT2D eigenvalue weighted by molar-refractivity contribution is 5.80. The SMILES string of the molecule is CC(C)(C)OC(=O)N[C@H](Cc1ccc(-c2nnc(CCO)nn2)cc1)C(=O)O. The molecule has 1 amide bonds. The molecule has 0 radical (unpaired) electrons. The first-order chi connectivity index (χ1) is 13.2. The average molecular weight is 389 g/mol. The van der Waals surface area contributed by atoms with E-state index in [2.05, 4.69) is 25.7 Å². The summed E-state index contributed by atoms with van der Waals surface area (Å²) in [6.45, 7) is 5.01. The lowest BCUT2D eigenvalue weighted by Crippen LogP contribution is -2.44. The number of aliphatic carboxylic acids is 1. The van der Waals surface area contributed by atoms with E-state index in [4.69, 9.17) is 9.84 Å². The van der Waals surface area contributed by atoms with Crippen molar-refractivity contribution in [3.05, 3.63) is 35.7 Å². The highest BCUT2D eigenvalue weighted by Gasteiger charge is 2.24. The van der Waals surface area contributed by atoms with Crippen molar-refractivity contribution in [3.8, 4) is 11.4 Å². The monoisotopic (exact) mass is 389 g/mol. The molecule has 0 bridgehead atoms. The first kappa shape index (κ1) is 21.2. The standard InChI is InChI=1S/C18H23N5O5/c1-18(2,3)28-17(27)19-13(16(25)26)10-11-4-6-12(7-5-11)15-22-20-14(8-9-24)21-23-15/h4-7,13,24H,8-10H2,1-3H3,(H,19,27)(H,25,26)/t13-/m1/s1. The number of carbonyl (C=O) groups is 2. The van der Waals surface area contributed by atoms with Crippen molar-refractivity contribution >= 4 is 12.1 Å². The quantitative estimate of drug-likeness (QED) is 0.630. The van der Waals surface area contributed by atoms with Crippen LogP contribution in [-0.4, -0.2) is 60.9 Å². The number of nitrogens with one attached hydrogen (secondary N) is 1. The molecular formula is C18H23N5O5. The third-order valence-electron chi connectivity index (χ3n) is 3.50. The second kappa shape index (κ2) is 9.18. The summed E-state index contributed by atoms with van der Waals surface area (Å²) >= 11 is 0. The van der Waals surface area contributed by atoms with Gasteiger partial charge >= 0.3 is 12.1 Å². The third kappa shape index (κ3) is 6.54. The minimum Gasteiger partial charge on any atom is -0.480 e. The van der Waals surface area contributed by atoms with Crippen LogP contribution in [-0.2, 0) is 22.4 Å². The molecule has 1 aromatic heterocycles. The number of aromatic nitrogens is 4. The predicted octanol–water partition coefficient (Wildman–Crippen LogP) is 0.989. The zero-order chi connectivity index (χ0) is 20.7. The van der Waals surface area contributed by atoms with Gasteiger partial charge in [-0.15, -0.1) is 20.4 Å². The van der Waals surface area contributed by atoms with Gasteiger partial charge in [0.15, 0.2) is 5.82 Å². The molecule has 2 aromatic rings. The molecule has 0 fully saturated rings. The van der Waals surface area contributed by atoms with Crippen LogP contribution >= 0.6 is 0 Å². The summed E-state index contributed by atoms with van der Waals surface area (Å²) in [5.74, 6) is -0.499. The molecule has 0 unspecified atom stereocenters. The van der Waals surface area contributed by atoms with Gasteiger partial charge in [0.25, 0.3) is 0 Å². The Morgan fingerprint density at radius 1 is 1.11 bits per heavy atom. The number of carboxylic acid groups (broad SMARTS) is 1. The molecule has 0 spiro atoms. The summed E-state index contributed by atoms with van der Waals surface area (Å²) in [5.41, 5.74) is 0.639. The Balaban J connectivity index is 2.04. The first-order valence-electron chi connectivity index (χ1n) is 8.66. The Labute approximate surface area is 162 Å². The number of nitrogens with zero attached hydrogens (tertiary/aromatic N) is 4. The van der Waals surface area contributed by atoms with E-state index in [1.165, 1.54) is 0 Å². The van der Waals surface area contributed by atoms with Crippen LogP contribution in [0.3, 0.4) is 0 Å². The number of amides is 1. The fraction of sp³-hybridized carbons (Fsp3) is 0.444. The van der Waals surface area contributed by atoms with Gasteiger partial charge in [0.05, 0.1) is 6.61 Å². The number of rotatable bonds is 7. The second-order valence-corrected chi connectivity index (χ2v) is 7.05. The number of ether oxygens (including phenoxy) is 1. The lowest BCUT2D eigenvalue weighted by Gasteiger charge is -2.22. The van der Waals surface area contributed by atoms with E-state index in [0.717, 1.165) is 0 Å². The summed E-state index contributed by atoms with van der Waals surface area (Å²) in [6.07, 6.45) is -0.424. The van der Waals surface area contributed by atoms with Crippen molar-refractivity contribution in [3.63, 3.8) is 0 Å². The van der Waals surface area contributed by atoms with Gasteiger partial charge in [-0.2, -0.15) is 0 Å². The zero-order valence-electron chi connectivity index (χ0n) is 15.9. The molecule has 2 rings (SSSR count). The van der Waals surface area contributed by atoms with Gasteiger partial charge < -0.3 is 20.3 Å². The largest absolute Gasteiger partial charge is 0.480 e. The number of carbonyl (C=O) groups excluding carboxylic acids is 1. The smallest absolute Gasteiger partial charge is 0.408 e. The number of aliphatic hydroxyl groups excluding tert-OH is 1. The lowest BCUT2D eigenvalue weighted by atomic mass is 10.0. The van der Waals surface area contributed by atoms with Crippen molar-refractivity contribution in [2.45, 2.75) is 45.3 Å². The van der Waals surface area contributed by atoms with Crippen molar-refractivity contribution in [1.29, 1.82) is 0 Å². The number of aliphatic hydroxyl groups is 1. The molecule has 10 nitrogen and oxygen atoms in total. The normalized spacial score (nSPS) is 12.3. The molecule has 0 aliphatic carbocycles. The molecule has 150 valence electrons.